The first-order valence-electron chi connectivity index (χ1n) is 5.31. The van der Waals surface area contributed by atoms with E-state index in [-0.39, 0.29) is 16.4 Å². The molecule has 9 heteroatoms. The van der Waals surface area contributed by atoms with Crippen LogP contribution in [0.3, 0.4) is 0 Å². The minimum Gasteiger partial charge on any atom is -0.382 e. The highest BCUT2D eigenvalue weighted by molar-refractivity contribution is 7.83. The number of benzene rings is 1. The topological polar surface area (TPSA) is 141 Å². The van der Waals surface area contributed by atoms with Gasteiger partial charge in [0.2, 0.25) is 11.0 Å². The Kier molecular flexibility index (Phi) is 3.80. The van der Waals surface area contributed by atoms with Crippen LogP contribution in [0.25, 0.3) is 11.3 Å². The average Bonchev–Trinajstić information content (AvgIpc) is 2.47. The largest absolute Gasteiger partial charge is 0.382 e. The normalized spacial score (nSPS) is 11.8. The van der Waals surface area contributed by atoms with Crippen LogP contribution in [-0.4, -0.2) is 20.1 Å². The lowest BCUT2D eigenvalue weighted by molar-refractivity contribution is 0.0996. The number of nitrogen functional groups attached to an aromatic ring is 1. The number of amides is 1. The third-order valence-electron chi connectivity index (χ3n) is 2.45. The second-order valence-corrected chi connectivity index (χ2v) is 4.82. The van der Waals surface area contributed by atoms with Crippen molar-refractivity contribution in [2.45, 2.75) is 4.90 Å². The van der Waals surface area contributed by atoms with Crippen LogP contribution in [0.15, 0.2) is 39.9 Å². The highest BCUT2D eigenvalue weighted by Gasteiger charge is 2.12. The quantitative estimate of drug-likeness (QED) is 0.790. The Morgan fingerprint density at radius 2 is 1.90 bits per heavy atom. The minimum atomic E-state index is -1.93. The first-order valence-corrected chi connectivity index (χ1v) is 6.41. The number of nitrogens with zero attached hydrogens (tertiary/aromatic N) is 3. The third-order valence-corrected chi connectivity index (χ3v) is 3.26. The van der Waals surface area contributed by atoms with E-state index in [9.17, 15) is 13.9 Å². The summed E-state index contributed by atoms with van der Waals surface area (Å²) in [6, 6.07) is 6.08. The van der Waals surface area contributed by atoms with Crippen LogP contribution in [0.2, 0.25) is 0 Å². The summed E-state index contributed by atoms with van der Waals surface area (Å²) in [4.78, 5) is 29.4. The van der Waals surface area contributed by atoms with Crippen LogP contribution >= 0.6 is 0 Å². The van der Waals surface area contributed by atoms with E-state index in [2.05, 4.69) is 14.6 Å². The van der Waals surface area contributed by atoms with E-state index in [4.69, 9.17) is 11.5 Å². The fraction of sp³-hybridized carbons (Fsp3) is 0. The number of carbonyl (C=O) groups excluding carboxylic acids is 1. The summed E-state index contributed by atoms with van der Waals surface area (Å²) in [5.41, 5.74) is 11.5. The van der Waals surface area contributed by atoms with Crippen molar-refractivity contribution in [2.24, 2.45) is 10.3 Å². The summed E-state index contributed by atoms with van der Waals surface area (Å²) in [7, 11) is -1.93. The van der Waals surface area contributed by atoms with Gasteiger partial charge in [-0.25, -0.2) is 14.2 Å². The number of nitrogens with two attached hydrogens (primary N) is 2. The third kappa shape index (κ3) is 2.67. The molecule has 4 N–H and O–H groups in total. The average molecular weight is 291 g/mol. The fourth-order valence-corrected chi connectivity index (χ4v) is 1.96. The second-order valence-electron chi connectivity index (χ2n) is 3.70. The number of anilines is 1. The molecule has 0 saturated heterocycles. The lowest BCUT2D eigenvalue weighted by Crippen LogP contribution is -2.17. The van der Waals surface area contributed by atoms with Crippen molar-refractivity contribution in [2.75, 3.05) is 5.73 Å². The van der Waals surface area contributed by atoms with Gasteiger partial charge in [0.05, 0.1) is 16.8 Å². The Morgan fingerprint density at radius 3 is 2.45 bits per heavy atom. The number of nitroso groups, excluding NO2 is 1. The SMILES string of the molecule is NC(=O)c1nc(-c2ccc(S(=O)N=O)cc2)cnc1N. The van der Waals surface area contributed by atoms with Crippen LogP contribution < -0.4 is 11.5 Å². The summed E-state index contributed by atoms with van der Waals surface area (Å²) in [5.74, 6) is -0.830. The zero-order chi connectivity index (χ0) is 14.7. The molecule has 0 aliphatic rings. The molecule has 1 unspecified atom stereocenters. The van der Waals surface area contributed by atoms with Gasteiger partial charge in [0.25, 0.3) is 5.91 Å². The van der Waals surface area contributed by atoms with Crippen LogP contribution in [-0.2, 0) is 11.0 Å². The van der Waals surface area contributed by atoms with Crippen LogP contribution in [0.1, 0.15) is 10.5 Å². The molecule has 1 aromatic heterocycles. The van der Waals surface area contributed by atoms with E-state index in [0.29, 0.717) is 11.3 Å². The van der Waals surface area contributed by atoms with Crippen molar-refractivity contribution in [1.82, 2.24) is 9.97 Å². The Hall–Kier alpha value is -2.68. The van der Waals surface area contributed by atoms with E-state index < -0.39 is 16.9 Å². The Balaban J connectivity index is 2.42. The van der Waals surface area contributed by atoms with Crippen molar-refractivity contribution in [1.29, 1.82) is 0 Å². The molecule has 1 heterocycles. The molecule has 2 rings (SSSR count). The highest BCUT2D eigenvalue weighted by Crippen LogP contribution is 2.20. The molecular weight excluding hydrogens is 282 g/mol. The van der Waals surface area contributed by atoms with Crippen molar-refractivity contribution >= 4 is 22.7 Å². The maximum atomic E-state index is 11.2. The Morgan fingerprint density at radius 1 is 1.25 bits per heavy atom. The summed E-state index contributed by atoms with van der Waals surface area (Å²) < 4.78 is 13.6. The maximum absolute atomic E-state index is 11.2. The maximum Gasteiger partial charge on any atom is 0.271 e. The van der Waals surface area contributed by atoms with Crippen LogP contribution in [0, 0.1) is 4.91 Å². The first kappa shape index (κ1) is 13.7. The number of aromatic nitrogens is 2. The lowest BCUT2D eigenvalue weighted by Gasteiger charge is -2.04. The van der Waals surface area contributed by atoms with Crippen molar-refractivity contribution in [3.8, 4) is 11.3 Å². The highest BCUT2D eigenvalue weighted by atomic mass is 32.2. The number of primary amides is 1. The van der Waals surface area contributed by atoms with E-state index in [0.717, 1.165) is 0 Å². The van der Waals surface area contributed by atoms with Gasteiger partial charge in [0, 0.05) is 10.1 Å². The summed E-state index contributed by atoms with van der Waals surface area (Å²) in [5, 5.41) is 0. The predicted molar refractivity (Wildman–Crippen MR) is 72.6 cm³/mol. The molecule has 0 spiro atoms. The molecule has 1 amide bonds. The van der Waals surface area contributed by atoms with E-state index >= 15 is 0 Å². The van der Waals surface area contributed by atoms with Gasteiger partial charge < -0.3 is 11.5 Å². The van der Waals surface area contributed by atoms with Crippen LogP contribution in [0.5, 0.6) is 0 Å². The summed E-state index contributed by atoms with van der Waals surface area (Å²) in [6.07, 6.45) is 1.38. The molecule has 0 aliphatic carbocycles. The van der Waals surface area contributed by atoms with E-state index in [1.807, 2.05) is 0 Å². The first-order chi connectivity index (χ1) is 9.52. The van der Waals surface area contributed by atoms with Gasteiger partial charge in [-0.2, -0.15) is 0 Å². The Labute approximate surface area is 115 Å². The standard InChI is InChI=1S/C11H9N5O3S/c12-10-9(11(13)17)15-8(5-14-10)6-1-3-7(4-2-6)20(19)16-18/h1-5H,(H2,12,14)(H2,13,17). The van der Waals surface area contributed by atoms with Gasteiger partial charge in [-0.15, -0.1) is 4.91 Å². The molecule has 0 fully saturated rings. The molecule has 20 heavy (non-hydrogen) atoms. The summed E-state index contributed by atoms with van der Waals surface area (Å²) in [6.45, 7) is 0. The number of rotatable bonds is 4. The number of hydrogen-bond donors (Lipinski definition) is 2. The second kappa shape index (κ2) is 5.53. The van der Waals surface area contributed by atoms with E-state index in [1.165, 1.54) is 18.3 Å². The molecule has 1 atom stereocenters. The molecule has 0 radical (unpaired) electrons. The van der Waals surface area contributed by atoms with Gasteiger partial charge in [0.1, 0.15) is 0 Å². The number of carbonyl (C=O) groups is 1. The predicted octanol–water partition coefficient (Wildman–Crippen LogP) is 0.614. The smallest absolute Gasteiger partial charge is 0.271 e. The molecule has 1 aromatic carbocycles. The zero-order valence-electron chi connectivity index (χ0n) is 10.0. The Bertz CT molecular complexity index is 702. The minimum absolute atomic E-state index is 0.0517. The molecular formula is C11H9N5O3S. The van der Waals surface area contributed by atoms with Gasteiger partial charge in [-0.05, 0) is 12.1 Å². The van der Waals surface area contributed by atoms with Crippen molar-refractivity contribution in [3.05, 3.63) is 41.1 Å². The van der Waals surface area contributed by atoms with Gasteiger partial charge >= 0.3 is 0 Å². The van der Waals surface area contributed by atoms with Crippen LogP contribution in [0.4, 0.5) is 5.82 Å². The van der Waals surface area contributed by atoms with Gasteiger partial charge in [-0.3, -0.25) is 4.79 Å². The molecule has 0 aliphatic heterocycles. The summed E-state index contributed by atoms with van der Waals surface area (Å²) >= 11 is 0. The molecule has 8 nitrogen and oxygen atoms in total. The lowest BCUT2D eigenvalue weighted by atomic mass is 10.1. The monoisotopic (exact) mass is 291 g/mol. The molecule has 2 aromatic rings. The van der Waals surface area contributed by atoms with Gasteiger partial charge in [0.15, 0.2) is 11.5 Å². The van der Waals surface area contributed by atoms with Crippen molar-refractivity contribution < 1.29 is 9.00 Å². The van der Waals surface area contributed by atoms with Gasteiger partial charge in [-0.1, -0.05) is 12.1 Å². The molecule has 0 bridgehead atoms. The zero-order valence-corrected chi connectivity index (χ0v) is 10.8. The fourth-order valence-electron chi connectivity index (χ4n) is 1.50. The van der Waals surface area contributed by atoms with Crippen molar-refractivity contribution in [3.63, 3.8) is 0 Å². The van der Waals surface area contributed by atoms with E-state index in [1.54, 1.807) is 12.1 Å². The molecule has 102 valence electrons. The number of hydrogen-bond acceptors (Lipinski definition) is 6. The molecule has 0 saturated carbocycles.